The summed E-state index contributed by atoms with van der Waals surface area (Å²) in [5.74, 6) is 0. The van der Waals surface area contributed by atoms with Crippen LogP contribution in [0.4, 0.5) is 0 Å². The molecule has 0 bridgehead atoms. The van der Waals surface area contributed by atoms with E-state index in [-0.39, 0.29) is 5.43 Å². The van der Waals surface area contributed by atoms with Crippen molar-refractivity contribution in [1.29, 1.82) is 0 Å². The summed E-state index contributed by atoms with van der Waals surface area (Å²) in [6, 6.07) is 0. The number of hydrazine groups is 1. The lowest BCUT2D eigenvalue weighted by atomic mass is 10.1. The summed E-state index contributed by atoms with van der Waals surface area (Å²) >= 11 is 0. The molecule has 1 aromatic heterocycles. The lowest BCUT2D eigenvalue weighted by Crippen LogP contribution is -2.51. The van der Waals surface area contributed by atoms with Crippen molar-refractivity contribution in [2.75, 3.05) is 13.1 Å². The van der Waals surface area contributed by atoms with Gasteiger partial charge < -0.3 is 5.01 Å². The molecule has 3 rings (SSSR count). The van der Waals surface area contributed by atoms with Crippen LogP contribution in [0.2, 0.25) is 0 Å². The Morgan fingerprint density at radius 1 is 1.35 bits per heavy atom. The number of aromatic nitrogens is 2. The predicted octanol–water partition coefficient (Wildman–Crippen LogP) is 0.806. The number of rotatable bonds is 0. The Morgan fingerprint density at radius 3 is 2.94 bits per heavy atom. The van der Waals surface area contributed by atoms with Gasteiger partial charge in [-0.1, -0.05) is 6.58 Å². The summed E-state index contributed by atoms with van der Waals surface area (Å²) in [7, 11) is 0. The molecule has 90 valence electrons. The minimum Gasteiger partial charge on any atom is -0.302 e. The normalized spacial score (nSPS) is 20.1. The molecule has 1 aromatic rings. The van der Waals surface area contributed by atoms with Crippen LogP contribution >= 0.6 is 0 Å². The molecule has 0 unspecified atom stereocenters. The second-order valence-corrected chi connectivity index (χ2v) is 4.63. The van der Waals surface area contributed by atoms with E-state index in [9.17, 15) is 4.79 Å². The van der Waals surface area contributed by atoms with Gasteiger partial charge in [0.15, 0.2) is 0 Å². The topological polar surface area (TPSA) is 41.4 Å². The van der Waals surface area contributed by atoms with E-state index in [4.69, 9.17) is 0 Å². The van der Waals surface area contributed by atoms with Crippen molar-refractivity contribution >= 4 is 5.70 Å². The van der Waals surface area contributed by atoms with Gasteiger partial charge in [0.25, 0.3) is 0 Å². The molecule has 17 heavy (non-hydrogen) atoms. The molecule has 0 radical (unpaired) electrons. The van der Waals surface area contributed by atoms with Gasteiger partial charge in [-0.05, 0) is 19.8 Å². The molecule has 0 amide bonds. The van der Waals surface area contributed by atoms with Crippen molar-refractivity contribution in [2.24, 2.45) is 0 Å². The lowest BCUT2D eigenvalue weighted by molar-refractivity contribution is -0.0401. The molecule has 2 aliphatic rings. The van der Waals surface area contributed by atoms with Gasteiger partial charge >= 0.3 is 0 Å². The molecular weight excluding hydrogens is 216 g/mol. The van der Waals surface area contributed by atoms with E-state index in [0.29, 0.717) is 0 Å². The minimum absolute atomic E-state index is 0.0112. The van der Waals surface area contributed by atoms with Crippen LogP contribution in [0.3, 0.4) is 0 Å². The van der Waals surface area contributed by atoms with Crippen molar-refractivity contribution in [1.82, 2.24) is 19.8 Å². The van der Waals surface area contributed by atoms with E-state index in [1.807, 2.05) is 11.6 Å². The minimum atomic E-state index is -0.0112. The van der Waals surface area contributed by atoms with Gasteiger partial charge in [-0.3, -0.25) is 4.79 Å². The summed E-state index contributed by atoms with van der Waals surface area (Å²) < 4.78 is 1.88. The van der Waals surface area contributed by atoms with Crippen molar-refractivity contribution in [2.45, 2.75) is 26.4 Å². The first kappa shape index (κ1) is 10.5. The Labute approximate surface area is 99.9 Å². The molecule has 5 heteroatoms. The van der Waals surface area contributed by atoms with E-state index < -0.39 is 0 Å². The Bertz CT molecular complexity index is 534. The Kier molecular flexibility index (Phi) is 2.29. The van der Waals surface area contributed by atoms with Gasteiger partial charge in [-0.2, -0.15) is 10.1 Å². The molecule has 5 nitrogen and oxygen atoms in total. The SMILES string of the molecule is C=C1c2c(C)c(=O)cnn2CN2CCCCN12. The first-order chi connectivity index (χ1) is 8.18. The van der Waals surface area contributed by atoms with Gasteiger partial charge in [0, 0.05) is 18.7 Å². The van der Waals surface area contributed by atoms with Crippen molar-refractivity contribution in [3.05, 3.63) is 34.3 Å². The smallest absolute Gasteiger partial charge is 0.203 e. The van der Waals surface area contributed by atoms with Crippen molar-refractivity contribution in [3.63, 3.8) is 0 Å². The van der Waals surface area contributed by atoms with Crippen LogP contribution in [0.15, 0.2) is 17.6 Å². The van der Waals surface area contributed by atoms with Crippen LogP contribution in [0.25, 0.3) is 5.70 Å². The Balaban J connectivity index is 2.13. The summed E-state index contributed by atoms with van der Waals surface area (Å²) in [6.07, 6.45) is 3.78. The summed E-state index contributed by atoms with van der Waals surface area (Å²) in [5, 5.41) is 8.63. The maximum Gasteiger partial charge on any atom is 0.203 e. The lowest BCUT2D eigenvalue weighted by Gasteiger charge is -2.45. The Morgan fingerprint density at radius 2 is 2.12 bits per heavy atom. The third-order valence-corrected chi connectivity index (χ3v) is 3.56. The highest BCUT2D eigenvalue weighted by Gasteiger charge is 2.29. The monoisotopic (exact) mass is 232 g/mol. The highest BCUT2D eigenvalue weighted by atomic mass is 16.1. The predicted molar refractivity (Wildman–Crippen MR) is 64.9 cm³/mol. The molecule has 0 atom stereocenters. The zero-order valence-corrected chi connectivity index (χ0v) is 10.0. The molecule has 0 saturated carbocycles. The fraction of sp³-hybridized carbons (Fsp3) is 0.500. The maximum atomic E-state index is 11.6. The van der Waals surface area contributed by atoms with Crippen LogP contribution in [-0.2, 0) is 6.67 Å². The highest BCUT2D eigenvalue weighted by molar-refractivity contribution is 5.61. The van der Waals surface area contributed by atoms with Gasteiger partial charge in [0.05, 0.1) is 17.6 Å². The number of fused-ring (bicyclic) bond motifs is 2. The highest BCUT2D eigenvalue weighted by Crippen LogP contribution is 2.28. The molecule has 0 spiro atoms. The van der Waals surface area contributed by atoms with Crippen LogP contribution in [0.1, 0.15) is 24.1 Å². The van der Waals surface area contributed by atoms with Crippen molar-refractivity contribution in [3.8, 4) is 0 Å². The summed E-state index contributed by atoms with van der Waals surface area (Å²) in [6.45, 7) is 8.71. The Hall–Kier alpha value is -1.62. The van der Waals surface area contributed by atoms with Crippen LogP contribution in [0, 0.1) is 6.92 Å². The fourth-order valence-corrected chi connectivity index (χ4v) is 2.61. The first-order valence-corrected chi connectivity index (χ1v) is 5.97. The van der Waals surface area contributed by atoms with Crippen LogP contribution < -0.4 is 5.43 Å². The maximum absolute atomic E-state index is 11.6. The molecular formula is C12H16N4O. The quantitative estimate of drug-likeness (QED) is 0.663. The number of hydrogen-bond donors (Lipinski definition) is 0. The first-order valence-electron chi connectivity index (χ1n) is 5.97. The molecule has 0 aromatic carbocycles. The average molecular weight is 232 g/mol. The van der Waals surface area contributed by atoms with Gasteiger partial charge in [0.1, 0.15) is 6.67 Å². The zero-order chi connectivity index (χ0) is 12.0. The van der Waals surface area contributed by atoms with Gasteiger partial charge in [0.2, 0.25) is 5.43 Å². The standard InChI is InChI=1S/C12H16N4O/c1-9-11(17)7-13-15-8-14-5-3-4-6-16(14)10(2)12(9)15/h7H,2-6,8H2,1H3. The van der Waals surface area contributed by atoms with E-state index in [1.165, 1.54) is 19.0 Å². The van der Waals surface area contributed by atoms with Crippen LogP contribution in [0.5, 0.6) is 0 Å². The summed E-state index contributed by atoms with van der Waals surface area (Å²) in [4.78, 5) is 11.6. The van der Waals surface area contributed by atoms with Gasteiger partial charge in [-0.25, -0.2) is 4.68 Å². The zero-order valence-electron chi connectivity index (χ0n) is 10.0. The number of nitrogens with zero attached hydrogens (tertiary/aromatic N) is 4. The molecule has 3 heterocycles. The molecule has 0 aliphatic carbocycles. The largest absolute Gasteiger partial charge is 0.302 e. The third-order valence-electron chi connectivity index (χ3n) is 3.56. The molecule has 1 fully saturated rings. The third kappa shape index (κ3) is 1.50. The second kappa shape index (κ2) is 3.70. The van der Waals surface area contributed by atoms with E-state index in [0.717, 1.165) is 36.7 Å². The summed E-state index contributed by atoms with van der Waals surface area (Å²) in [5.41, 5.74) is 2.52. The van der Waals surface area contributed by atoms with Crippen molar-refractivity contribution < 1.29 is 0 Å². The molecule has 1 saturated heterocycles. The second-order valence-electron chi connectivity index (χ2n) is 4.63. The average Bonchev–Trinajstić information content (AvgIpc) is 2.34. The van der Waals surface area contributed by atoms with Crippen LogP contribution in [-0.4, -0.2) is 32.9 Å². The molecule has 2 aliphatic heterocycles. The van der Waals surface area contributed by atoms with E-state index in [2.05, 4.69) is 21.7 Å². The van der Waals surface area contributed by atoms with E-state index >= 15 is 0 Å². The fourth-order valence-electron chi connectivity index (χ4n) is 2.61. The van der Waals surface area contributed by atoms with Gasteiger partial charge in [-0.15, -0.1) is 0 Å². The molecule has 0 N–H and O–H groups in total. The number of hydrogen-bond acceptors (Lipinski definition) is 4. The van der Waals surface area contributed by atoms with E-state index in [1.54, 1.807) is 0 Å².